The third kappa shape index (κ3) is 16.2. The molecule has 7 heteroatoms. The Morgan fingerprint density at radius 3 is 1.29 bits per heavy atom. The van der Waals surface area contributed by atoms with Crippen molar-refractivity contribution in [3.05, 3.63) is 69.8 Å². The summed E-state index contributed by atoms with van der Waals surface area (Å²) in [5, 5.41) is 19.5. The highest BCUT2D eigenvalue weighted by Crippen LogP contribution is 2.25. The summed E-state index contributed by atoms with van der Waals surface area (Å²) in [6, 6.07) is 9.91. The van der Waals surface area contributed by atoms with Gasteiger partial charge in [-0.05, 0) is 55.0 Å². The van der Waals surface area contributed by atoms with Gasteiger partial charge >= 0.3 is 23.9 Å². The first-order chi connectivity index (χ1) is 23.8. The molecule has 49 heavy (non-hydrogen) atoms. The summed E-state index contributed by atoms with van der Waals surface area (Å²) in [4.78, 5) is 45.5. The summed E-state index contributed by atoms with van der Waals surface area (Å²) in [7, 11) is 0. The van der Waals surface area contributed by atoms with Gasteiger partial charge in [-0.25, -0.2) is 19.2 Å². The molecule has 2 aromatic carbocycles. The first-order valence-corrected chi connectivity index (χ1v) is 19.3. The molecule has 272 valence electrons. The van der Waals surface area contributed by atoms with E-state index in [9.17, 15) is 29.4 Å². The van der Waals surface area contributed by atoms with Gasteiger partial charge in [-0.15, -0.1) is 0 Å². The van der Waals surface area contributed by atoms with Crippen molar-refractivity contribution in [1.29, 1.82) is 0 Å². The summed E-state index contributed by atoms with van der Waals surface area (Å²) in [5.41, 5.74) is 2.47. The number of carboxylic acids is 2. The molecule has 0 saturated carbocycles. The van der Waals surface area contributed by atoms with Crippen molar-refractivity contribution < 1.29 is 34.1 Å². The van der Waals surface area contributed by atoms with Crippen LogP contribution in [-0.2, 0) is 17.6 Å². The minimum atomic E-state index is -1.15. The van der Waals surface area contributed by atoms with Crippen molar-refractivity contribution in [3.63, 3.8) is 0 Å². The second-order valence-electron chi connectivity index (χ2n) is 13.5. The topological polar surface area (TPSA) is 118 Å². The number of cyclic esters (lactones) is 2. The van der Waals surface area contributed by atoms with Crippen LogP contribution >= 0.6 is 0 Å². The van der Waals surface area contributed by atoms with E-state index in [-0.39, 0.29) is 11.1 Å². The van der Waals surface area contributed by atoms with E-state index < -0.39 is 23.9 Å². The van der Waals surface area contributed by atoms with Gasteiger partial charge in [0, 0.05) is 0 Å². The van der Waals surface area contributed by atoms with E-state index in [1.54, 1.807) is 24.3 Å². The molecule has 0 fully saturated rings. The molecule has 0 unspecified atom stereocenters. The molecule has 1 heterocycles. The second-order valence-corrected chi connectivity index (χ2v) is 13.5. The Balaban J connectivity index is 0.000000628. The number of aromatic carboxylic acids is 2. The van der Waals surface area contributed by atoms with Gasteiger partial charge < -0.3 is 14.9 Å². The molecule has 0 radical (unpaired) electrons. The Kier molecular flexibility index (Phi) is 21.7. The number of rotatable bonds is 26. The number of benzene rings is 2. The lowest BCUT2D eigenvalue weighted by Crippen LogP contribution is -2.14. The normalized spacial score (nSPS) is 12.0. The van der Waals surface area contributed by atoms with Crippen molar-refractivity contribution in [3.8, 4) is 0 Å². The molecule has 0 aliphatic carbocycles. The third-order valence-electron chi connectivity index (χ3n) is 9.49. The second kappa shape index (κ2) is 25.5. The highest BCUT2D eigenvalue weighted by Gasteiger charge is 2.28. The van der Waals surface area contributed by atoms with Crippen molar-refractivity contribution in [2.24, 2.45) is 0 Å². The maximum absolute atomic E-state index is 12.1. The van der Waals surface area contributed by atoms with Crippen LogP contribution in [-0.4, -0.2) is 34.1 Å². The van der Waals surface area contributed by atoms with E-state index in [2.05, 4.69) is 18.6 Å². The van der Waals surface area contributed by atoms with Gasteiger partial charge in [-0.2, -0.15) is 0 Å². The van der Waals surface area contributed by atoms with Crippen LogP contribution in [0.1, 0.15) is 208 Å². The van der Waals surface area contributed by atoms with Crippen LogP contribution in [0.15, 0.2) is 36.4 Å². The molecule has 2 N–H and O–H groups in total. The molecule has 1 aliphatic rings. The number of hydrogen-bond acceptors (Lipinski definition) is 5. The summed E-state index contributed by atoms with van der Waals surface area (Å²) in [6.45, 7) is 4.50. The maximum atomic E-state index is 12.1. The zero-order valence-electron chi connectivity index (χ0n) is 30.4. The van der Waals surface area contributed by atoms with E-state index in [0.717, 1.165) is 43.2 Å². The molecular weight excluding hydrogens is 616 g/mol. The van der Waals surface area contributed by atoms with E-state index in [1.165, 1.54) is 122 Å². The first kappa shape index (κ1) is 41.7. The molecule has 2 aromatic rings. The fourth-order valence-electron chi connectivity index (χ4n) is 6.61. The molecular formula is C42H62O7. The zero-order chi connectivity index (χ0) is 35.7. The van der Waals surface area contributed by atoms with E-state index in [0.29, 0.717) is 17.5 Å². The molecule has 0 spiro atoms. The number of unbranched alkanes of at least 4 members (excludes halogenated alkanes) is 20. The van der Waals surface area contributed by atoms with Gasteiger partial charge in [0.05, 0.1) is 22.3 Å². The number of carbonyl (C=O) groups is 4. The van der Waals surface area contributed by atoms with Crippen molar-refractivity contribution >= 4 is 23.9 Å². The van der Waals surface area contributed by atoms with Crippen molar-refractivity contribution in [2.45, 2.75) is 168 Å². The average Bonchev–Trinajstić information content (AvgIpc) is 3.38. The lowest BCUT2D eigenvalue weighted by Gasteiger charge is -2.15. The van der Waals surface area contributed by atoms with Crippen molar-refractivity contribution in [2.75, 3.05) is 0 Å². The van der Waals surface area contributed by atoms with Gasteiger partial charge in [-0.1, -0.05) is 160 Å². The van der Waals surface area contributed by atoms with Crippen LogP contribution in [0.4, 0.5) is 0 Å². The van der Waals surface area contributed by atoms with Gasteiger partial charge in [0.2, 0.25) is 0 Å². The first-order valence-electron chi connectivity index (χ1n) is 19.3. The predicted molar refractivity (Wildman–Crippen MR) is 197 cm³/mol. The number of esters is 2. The highest BCUT2D eigenvalue weighted by molar-refractivity contribution is 6.14. The quantitative estimate of drug-likeness (QED) is 0.0577. The minimum Gasteiger partial charge on any atom is -0.478 e. The Morgan fingerprint density at radius 1 is 0.510 bits per heavy atom. The number of carbonyl (C=O) groups excluding carboxylic acids is 2. The summed E-state index contributed by atoms with van der Waals surface area (Å²) < 4.78 is 4.35. The SMILES string of the molecule is CCCCCCCCCCCCCc1ccc(C(=O)O)c(C(=O)O)c1CCCCCCCCCCCCC.O=C1OC(=O)c2ccccc21. The number of aryl methyl sites for hydroxylation is 1. The van der Waals surface area contributed by atoms with Crippen LogP contribution in [0.3, 0.4) is 0 Å². The molecule has 3 rings (SSSR count). The van der Waals surface area contributed by atoms with E-state index in [4.69, 9.17) is 0 Å². The fourth-order valence-corrected chi connectivity index (χ4v) is 6.61. The van der Waals surface area contributed by atoms with E-state index >= 15 is 0 Å². The van der Waals surface area contributed by atoms with Gasteiger partial charge in [0.1, 0.15) is 0 Å². The third-order valence-corrected chi connectivity index (χ3v) is 9.49. The fraction of sp³-hybridized carbons (Fsp3) is 0.619. The van der Waals surface area contributed by atoms with Crippen molar-refractivity contribution in [1.82, 2.24) is 0 Å². The van der Waals surface area contributed by atoms with Gasteiger partial charge in [0.25, 0.3) is 0 Å². The summed E-state index contributed by atoms with van der Waals surface area (Å²) in [6.07, 6.45) is 29.3. The Hall–Kier alpha value is -3.48. The average molecular weight is 679 g/mol. The number of carboxylic acid groups (broad SMARTS) is 2. The molecule has 0 bridgehead atoms. The van der Waals surface area contributed by atoms with Gasteiger partial charge in [-0.3, -0.25) is 0 Å². The van der Waals surface area contributed by atoms with E-state index in [1.807, 2.05) is 6.07 Å². The molecule has 1 aliphatic heterocycles. The van der Waals surface area contributed by atoms with Crippen LogP contribution in [0, 0.1) is 0 Å². The summed E-state index contributed by atoms with van der Waals surface area (Å²) >= 11 is 0. The molecule has 7 nitrogen and oxygen atoms in total. The van der Waals surface area contributed by atoms with Crippen LogP contribution in [0.25, 0.3) is 0 Å². The standard InChI is InChI=1S/C34H58O4.C8H4O3/c1-3-5-7-9-11-13-15-17-19-21-23-25-29-27-28-31(33(35)36)32(34(37)38)30(29)26-24-22-20-18-16-14-12-10-8-6-4-2;9-7-5-3-1-2-4-6(5)8(10)11-7/h27-28H,3-26H2,1-2H3,(H,35,36)(H,37,38);1-4H. The zero-order valence-corrected chi connectivity index (χ0v) is 30.4. The Morgan fingerprint density at radius 2 is 0.898 bits per heavy atom. The smallest absolute Gasteiger partial charge is 0.346 e. The number of hydrogen-bond donors (Lipinski definition) is 2. The summed E-state index contributed by atoms with van der Waals surface area (Å²) in [5.74, 6) is -3.36. The lowest BCUT2D eigenvalue weighted by molar-refractivity contribution is 0.0442. The Bertz CT molecular complexity index is 1250. The Labute approximate surface area is 295 Å². The molecule has 0 atom stereocenters. The van der Waals surface area contributed by atoms with Crippen LogP contribution < -0.4 is 0 Å². The largest absolute Gasteiger partial charge is 0.478 e. The maximum Gasteiger partial charge on any atom is 0.346 e. The van der Waals surface area contributed by atoms with Crippen LogP contribution in [0.2, 0.25) is 0 Å². The number of fused-ring (bicyclic) bond motifs is 1. The molecule has 0 amide bonds. The predicted octanol–water partition coefficient (Wildman–Crippen LogP) is 11.8. The number of ether oxygens (including phenoxy) is 1. The monoisotopic (exact) mass is 678 g/mol. The van der Waals surface area contributed by atoms with Crippen LogP contribution in [0.5, 0.6) is 0 Å². The molecule has 0 aromatic heterocycles. The van der Waals surface area contributed by atoms with Gasteiger partial charge in [0.15, 0.2) is 0 Å². The molecule has 0 saturated heterocycles. The lowest BCUT2D eigenvalue weighted by atomic mass is 9.89. The highest BCUT2D eigenvalue weighted by atomic mass is 16.6. The minimum absolute atomic E-state index is 0.0187.